The van der Waals surface area contributed by atoms with Crippen LogP contribution in [-0.2, 0) is 13.2 Å². The second-order valence-corrected chi connectivity index (χ2v) is 4.89. The van der Waals surface area contributed by atoms with Gasteiger partial charge in [-0.05, 0) is 41.0 Å². The normalized spacial score (nSPS) is 10.4. The van der Waals surface area contributed by atoms with Crippen molar-refractivity contribution in [3.05, 3.63) is 78.4 Å². The molecule has 0 aliphatic heterocycles. The minimum atomic E-state index is 0.354. The maximum atomic E-state index is 5.76. The Labute approximate surface area is 129 Å². The summed E-state index contributed by atoms with van der Waals surface area (Å²) in [6.45, 7) is 0.891. The minimum Gasteiger partial charge on any atom is -0.486 e. The number of hydrogen-bond acceptors (Lipinski definition) is 4. The zero-order chi connectivity index (χ0) is 15.2. The Morgan fingerprint density at radius 2 is 1.59 bits per heavy atom. The summed E-state index contributed by atoms with van der Waals surface area (Å²) in [6, 6.07) is 18.0. The Morgan fingerprint density at radius 1 is 0.864 bits per heavy atom. The van der Waals surface area contributed by atoms with Crippen molar-refractivity contribution >= 4 is 0 Å². The van der Waals surface area contributed by atoms with Crippen LogP contribution in [0.15, 0.2) is 67.0 Å². The second-order valence-electron chi connectivity index (χ2n) is 4.89. The molecule has 0 aliphatic carbocycles. The molecular formula is C18H17N3O. The predicted octanol–water partition coefficient (Wildman–Crippen LogP) is 3.18. The fourth-order valence-corrected chi connectivity index (χ4v) is 2.20. The first kappa shape index (κ1) is 14.2. The average molecular weight is 291 g/mol. The largest absolute Gasteiger partial charge is 0.486 e. The molecule has 0 radical (unpaired) electrons. The summed E-state index contributed by atoms with van der Waals surface area (Å²) in [5.41, 5.74) is 9.04. The van der Waals surface area contributed by atoms with Gasteiger partial charge in [0.1, 0.15) is 12.4 Å². The highest BCUT2D eigenvalue weighted by Crippen LogP contribution is 2.25. The fourth-order valence-electron chi connectivity index (χ4n) is 2.20. The summed E-state index contributed by atoms with van der Waals surface area (Å²) in [6.07, 6.45) is 3.42. The van der Waals surface area contributed by atoms with Crippen LogP contribution in [0.4, 0.5) is 0 Å². The van der Waals surface area contributed by atoms with E-state index in [2.05, 4.69) is 28.2 Å². The zero-order valence-corrected chi connectivity index (χ0v) is 12.1. The van der Waals surface area contributed by atoms with Gasteiger partial charge in [0, 0.05) is 18.9 Å². The molecule has 0 saturated heterocycles. The van der Waals surface area contributed by atoms with Crippen LogP contribution in [0.2, 0.25) is 0 Å². The van der Waals surface area contributed by atoms with Crippen LogP contribution in [-0.4, -0.2) is 9.97 Å². The van der Waals surface area contributed by atoms with E-state index in [0.717, 1.165) is 22.4 Å². The molecule has 4 nitrogen and oxygen atoms in total. The van der Waals surface area contributed by atoms with E-state index < -0.39 is 0 Å². The van der Waals surface area contributed by atoms with Gasteiger partial charge in [0.05, 0.1) is 0 Å². The lowest BCUT2D eigenvalue weighted by Crippen LogP contribution is -2.00. The van der Waals surface area contributed by atoms with Crippen molar-refractivity contribution in [2.45, 2.75) is 13.2 Å². The summed E-state index contributed by atoms with van der Waals surface area (Å²) in [7, 11) is 0. The van der Waals surface area contributed by atoms with Gasteiger partial charge in [-0.2, -0.15) is 0 Å². The van der Waals surface area contributed by atoms with Gasteiger partial charge in [0.25, 0.3) is 0 Å². The topological polar surface area (TPSA) is 61.0 Å². The van der Waals surface area contributed by atoms with Crippen LogP contribution in [0, 0.1) is 0 Å². The van der Waals surface area contributed by atoms with Crippen molar-refractivity contribution in [3.63, 3.8) is 0 Å². The van der Waals surface area contributed by atoms with Crippen LogP contribution in [0.25, 0.3) is 11.1 Å². The molecule has 0 atom stereocenters. The van der Waals surface area contributed by atoms with Gasteiger partial charge in [0.15, 0.2) is 5.82 Å². The van der Waals surface area contributed by atoms with E-state index in [1.807, 2.05) is 30.3 Å². The van der Waals surface area contributed by atoms with Crippen molar-refractivity contribution in [2.75, 3.05) is 0 Å². The average Bonchev–Trinajstić information content (AvgIpc) is 2.61. The third-order valence-corrected chi connectivity index (χ3v) is 3.32. The van der Waals surface area contributed by atoms with Gasteiger partial charge in [-0.3, -0.25) is 0 Å². The highest BCUT2D eigenvalue weighted by atomic mass is 16.5. The van der Waals surface area contributed by atoms with Gasteiger partial charge >= 0.3 is 0 Å². The molecule has 0 spiro atoms. The lowest BCUT2D eigenvalue weighted by atomic mass is 10.0. The van der Waals surface area contributed by atoms with Crippen molar-refractivity contribution in [1.82, 2.24) is 9.97 Å². The Balaban J connectivity index is 1.77. The highest BCUT2D eigenvalue weighted by molar-refractivity contribution is 5.65. The van der Waals surface area contributed by atoms with E-state index in [1.54, 1.807) is 18.5 Å². The SMILES string of the molecule is NCc1cccc(-c2cccc(OCc3ncccn3)c2)c1. The van der Waals surface area contributed by atoms with E-state index in [0.29, 0.717) is 19.0 Å². The Bertz CT molecular complexity index is 744. The molecule has 0 aliphatic rings. The first-order valence-corrected chi connectivity index (χ1v) is 7.13. The van der Waals surface area contributed by atoms with Gasteiger partial charge in [-0.15, -0.1) is 0 Å². The highest BCUT2D eigenvalue weighted by Gasteiger charge is 2.02. The number of nitrogens with two attached hydrogens (primary N) is 1. The van der Waals surface area contributed by atoms with Crippen LogP contribution in [0.1, 0.15) is 11.4 Å². The molecule has 4 heteroatoms. The maximum absolute atomic E-state index is 5.76. The number of ether oxygens (including phenoxy) is 1. The molecule has 2 aromatic carbocycles. The van der Waals surface area contributed by atoms with E-state index in [9.17, 15) is 0 Å². The van der Waals surface area contributed by atoms with Gasteiger partial charge < -0.3 is 10.5 Å². The zero-order valence-electron chi connectivity index (χ0n) is 12.1. The van der Waals surface area contributed by atoms with Crippen LogP contribution in [0.3, 0.4) is 0 Å². The first-order valence-electron chi connectivity index (χ1n) is 7.13. The molecule has 1 heterocycles. The molecule has 0 unspecified atom stereocenters. The molecule has 3 aromatic rings. The molecular weight excluding hydrogens is 274 g/mol. The van der Waals surface area contributed by atoms with E-state index in [1.165, 1.54) is 0 Å². The molecule has 0 amide bonds. The summed E-state index contributed by atoms with van der Waals surface area (Å²) in [5.74, 6) is 1.46. The monoisotopic (exact) mass is 291 g/mol. The third kappa shape index (κ3) is 3.48. The smallest absolute Gasteiger partial charge is 0.166 e. The first-order chi connectivity index (χ1) is 10.8. The van der Waals surface area contributed by atoms with Crippen molar-refractivity contribution in [1.29, 1.82) is 0 Å². The van der Waals surface area contributed by atoms with Crippen molar-refractivity contribution < 1.29 is 4.74 Å². The fraction of sp³-hybridized carbons (Fsp3) is 0.111. The van der Waals surface area contributed by atoms with Crippen molar-refractivity contribution in [3.8, 4) is 16.9 Å². The van der Waals surface area contributed by atoms with Crippen molar-refractivity contribution in [2.24, 2.45) is 5.73 Å². The molecule has 0 saturated carbocycles. The molecule has 22 heavy (non-hydrogen) atoms. The third-order valence-electron chi connectivity index (χ3n) is 3.32. The molecule has 1 aromatic heterocycles. The standard InChI is InChI=1S/C18H17N3O/c19-12-14-4-1-5-15(10-14)16-6-2-7-17(11-16)22-13-18-20-8-3-9-21-18/h1-11H,12-13,19H2. The summed E-state index contributed by atoms with van der Waals surface area (Å²) < 4.78 is 5.76. The van der Waals surface area contributed by atoms with E-state index >= 15 is 0 Å². The number of aromatic nitrogens is 2. The summed E-state index contributed by atoms with van der Waals surface area (Å²) in [5, 5.41) is 0. The van der Waals surface area contributed by atoms with Gasteiger partial charge in [-0.1, -0.05) is 30.3 Å². The molecule has 2 N–H and O–H groups in total. The lowest BCUT2D eigenvalue weighted by Gasteiger charge is -2.08. The number of benzene rings is 2. The van der Waals surface area contributed by atoms with Crippen LogP contribution >= 0.6 is 0 Å². The number of hydrogen-bond donors (Lipinski definition) is 1. The second kappa shape index (κ2) is 6.83. The van der Waals surface area contributed by atoms with E-state index in [4.69, 9.17) is 10.5 Å². The Kier molecular flexibility index (Phi) is 4.41. The Morgan fingerprint density at radius 3 is 2.36 bits per heavy atom. The summed E-state index contributed by atoms with van der Waals surface area (Å²) >= 11 is 0. The van der Waals surface area contributed by atoms with Crippen LogP contribution < -0.4 is 10.5 Å². The quantitative estimate of drug-likeness (QED) is 0.784. The predicted molar refractivity (Wildman–Crippen MR) is 86.1 cm³/mol. The Hall–Kier alpha value is -2.72. The molecule has 3 rings (SSSR count). The molecule has 0 fully saturated rings. The van der Waals surface area contributed by atoms with E-state index in [-0.39, 0.29) is 0 Å². The molecule has 0 bridgehead atoms. The van der Waals surface area contributed by atoms with Crippen LogP contribution in [0.5, 0.6) is 5.75 Å². The lowest BCUT2D eigenvalue weighted by molar-refractivity contribution is 0.296. The molecule has 110 valence electrons. The minimum absolute atomic E-state index is 0.354. The maximum Gasteiger partial charge on any atom is 0.166 e. The van der Waals surface area contributed by atoms with Gasteiger partial charge in [-0.25, -0.2) is 9.97 Å². The summed E-state index contributed by atoms with van der Waals surface area (Å²) in [4.78, 5) is 8.29. The number of nitrogens with zero attached hydrogens (tertiary/aromatic N) is 2. The van der Waals surface area contributed by atoms with Gasteiger partial charge in [0.2, 0.25) is 0 Å². The number of rotatable bonds is 5.